The van der Waals surface area contributed by atoms with Crippen LogP contribution >= 0.6 is 0 Å². The Morgan fingerprint density at radius 2 is 2.17 bits per heavy atom. The number of amides is 2. The van der Waals surface area contributed by atoms with Gasteiger partial charge in [-0.3, -0.25) is 14.8 Å². The Bertz CT molecular complexity index is 170. The fourth-order valence-corrected chi connectivity index (χ4v) is 1.01. The van der Waals surface area contributed by atoms with Gasteiger partial charge in [0.15, 0.2) is 0 Å². The minimum absolute atomic E-state index is 0.0137. The molecular weight excluding hydrogens is 160 g/mol. The first-order chi connectivity index (χ1) is 5.61. The van der Waals surface area contributed by atoms with E-state index in [-0.39, 0.29) is 6.42 Å². The zero-order chi connectivity index (χ0) is 9.56. The van der Waals surface area contributed by atoms with E-state index >= 15 is 0 Å². The van der Waals surface area contributed by atoms with Gasteiger partial charge in [0.1, 0.15) is 0 Å². The quantitative estimate of drug-likeness (QED) is 0.397. The highest BCUT2D eigenvalue weighted by Crippen LogP contribution is 2.10. The Morgan fingerprint density at radius 3 is 2.50 bits per heavy atom. The van der Waals surface area contributed by atoms with Gasteiger partial charge in [-0.25, -0.2) is 5.48 Å². The molecule has 0 unspecified atom stereocenters. The summed E-state index contributed by atoms with van der Waals surface area (Å²) in [6, 6.07) is 0. The van der Waals surface area contributed by atoms with Crippen LogP contribution in [0.2, 0.25) is 0 Å². The van der Waals surface area contributed by atoms with Crippen LogP contribution in [0.5, 0.6) is 0 Å². The second kappa shape index (κ2) is 5.54. The van der Waals surface area contributed by atoms with Crippen LogP contribution in [0.15, 0.2) is 0 Å². The van der Waals surface area contributed by atoms with Crippen molar-refractivity contribution in [2.45, 2.75) is 26.2 Å². The lowest BCUT2D eigenvalue weighted by molar-refractivity contribution is -0.136. The van der Waals surface area contributed by atoms with Crippen molar-refractivity contribution in [1.29, 1.82) is 0 Å². The van der Waals surface area contributed by atoms with E-state index in [0.29, 0.717) is 6.42 Å². The average molecular weight is 174 g/mol. The first-order valence-electron chi connectivity index (χ1n) is 3.84. The SMILES string of the molecule is CCC[C@H](CC(N)=O)C(=O)NO. The molecule has 0 aromatic rings. The lowest BCUT2D eigenvalue weighted by Crippen LogP contribution is -2.31. The van der Waals surface area contributed by atoms with Crippen LogP contribution in [0.4, 0.5) is 0 Å². The van der Waals surface area contributed by atoms with E-state index in [0.717, 1.165) is 6.42 Å². The van der Waals surface area contributed by atoms with Crippen molar-refractivity contribution < 1.29 is 14.8 Å². The van der Waals surface area contributed by atoms with Gasteiger partial charge >= 0.3 is 0 Å². The zero-order valence-corrected chi connectivity index (χ0v) is 7.04. The van der Waals surface area contributed by atoms with Crippen molar-refractivity contribution >= 4 is 11.8 Å². The number of hydrogen-bond acceptors (Lipinski definition) is 3. The molecule has 4 N–H and O–H groups in total. The van der Waals surface area contributed by atoms with Crippen LogP contribution in [0.1, 0.15) is 26.2 Å². The van der Waals surface area contributed by atoms with Crippen molar-refractivity contribution in [3.8, 4) is 0 Å². The van der Waals surface area contributed by atoms with Gasteiger partial charge in [0, 0.05) is 12.3 Å². The molecule has 0 saturated carbocycles. The Balaban J connectivity index is 4.02. The number of primary amides is 1. The summed E-state index contributed by atoms with van der Waals surface area (Å²) in [5.41, 5.74) is 6.42. The highest BCUT2D eigenvalue weighted by molar-refractivity contribution is 5.84. The van der Waals surface area contributed by atoms with Gasteiger partial charge in [-0.1, -0.05) is 13.3 Å². The smallest absolute Gasteiger partial charge is 0.246 e. The molecule has 0 bridgehead atoms. The second-order valence-electron chi connectivity index (χ2n) is 2.63. The van der Waals surface area contributed by atoms with Gasteiger partial charge in [-0.2, -0.15) is 0 Å². The Morgan fingerprint density at radius 1 is 1.58 bits per heavy atom. The maximum atomic E-state index is 10.9. The van der Waals surface area contributed by atoms with Crippen molar-refractivity contribution in [3.05, 3.63) is 0 Å². The van der Waals surface area contributed by atoms with Crippen LogP contribution in [0.25, 0.3) is 0 Å². The summed E-state index contributed by atoms with van der Waals surface area (Å²) < 4.78 is 0. The molecular formula is C7H14N2O3. The van der Waals surface area contributed by atoms with E-state index in [1.807, 2.05) is 6.92 Å². The molecule has 0 heterocycles. The van der Waals surface area contributed by atoms with Gasteiger partial charge < -0.3 is 5.73 Å². The van der Waals surface area contributed by atoms with Crippen molar-refractivity contribution in [2.75, 3.05) is 0 Å². The van der Waals surface area contributed by atoms with Gasteiger partial charge in [-0.15, -0.1) is 0 Å². The van der Waals surface area contributed by atoms with Crippen LogP contribution in [-0.4, -0.2) is 17.0 Å². The van der Waals surface area contributed by atoms with Crippen LogP contribution in [0.3, 0.4) is 0 Å². The molecule has 70 valence electrons. The third-order valence-electron chi connectivity index (χ3n) is 1.57. The number of carbonyl (C=O) groups is 2. The molecule has 0 aromatic carbocycles. The van der Waals surface area contributed by atoms with Crippen molar-refractivity contribution in [1.82, 2.24) is 5.48 Å². The molecule has 0 fully saturated rings. The molecule has 2 amide bonds. The summed E-state index contributed by atoms with van der Waals surface area (Å²) >= 11 is 0. The maximum Gasteiger partial charge on any atom is 0.246 e. The fraction of sp³-hybridized carbons (Fsp3) is 0.714. The van der Waals surface area contributed by atoms with E-state index in [1.165, 1.54) is 5.48 Å². The fourth-order valence-electron chi connectivity index (χ4n) is 1.01. The van der Waals surface area contributed by atoms with Gasteiger partial charge in [0.25, 0.3) is 0 Å². The number of carbonyl (C=O) groups excluding carboxylic acids is 2. The molecule has 0 aliphatic rings. The first kappa shape index (κ1) is 10.9. The molecule has 12 heavy (non-hydrogen) atoms. The molecule has 0 aromatic heterocycles. The van der Waals surface area contributed by atoms with Crippen LogP contribution in [0, 0.1) is 5.92 Å². The summed E-state index contributed by atoms with van der Waals surface area (Å²) in [5.74, 6) is -1.58. The number of nitrogens with one attached hydrogen (secondary N) is 1. The summed E-state index contributed by atoms with van der Waals surface area (Å²) in [6.07, 6.45) is 1.31. The van der Waals surface area contributed by atoms with E-state index in [1.54, 1.807) is 0 Å². The molecule has 0 rings (SSSR count). The zero-order valence-electron chi connectivity index (χ0n) is 7.04. The molecule has 5 nitrogen and oxygen atoms in total. The number of nitrogens with two attached hydrogens (primary N) is 1. The molecule has 0 aliphatic carbocycles. The molecule has 1 atom stereocenters. The Hall–Kier alpha value is -1.10. The third kappa shape index (κ3) is 3.92. The summed E-state index contributed by atoms with van der Waals surface area (Å²) in [5, 5.41) is 8.29. The largest absolute Gasteiger partial charge is 0.370 e. The summed E-state index contributed by atoms with van der Waals surface area (Å²) in [4.78, 5) is 21.3. The van der Waals surface area contributed by atoms with E-state index < -0.39 is 17.7 Å². The summed E-state index contributed by atoms with van der Waals surface area (Å²) in [6.45, 7) is 1.89. The van der Waals surface area contributed by atoms with Crippen LogP contribution in [-0.2, 0) is 9.59 Å². The van der Waals surface area contributed by atoms with E-state index in [2.05, 4.69) is 0 Å². The highest BCUT2D eigenvalue weighted by Gasteiger charge is 2.18. The standard InChI is InChI=1S/C7H14N2O3/c1-2-3-5(4-6(8)10)7(11)9-12/h5,12H,2-4H2,1H3,(H2,8,10)(H,9,11)/t5-/m1/s1. The van der Waals surface area contributed by atoms with Crippen molar-refractivity contribution in [2.24, 2.45) is 11.7 Å². The monoisotopic (exact) mass is 174 g/mol. The first-order valence-corrected chi connectivity index (χ1v) is 3.84. The summed E-state index contributed by atoms with van der Waals surface area (Å²) in [7, 11) is 0. The average Bonchev–Trinajstić information content (AvgIpc) is 2.01. The lowest BCUT2D eigenvalue weighted by atomic mass is 9.99. The molecule has 0 saturated heterocycles. The number of hydrogen-bond donors (Lipinski definition) is 3. The highest BCUT2D eigenvalue weighted by atomic mass is 16.5. The minimum Gasteiger partial charge on any atom is -0.370 e. The van der Waals surface area contributed by atoms with E-state index in [9.17, 15) is 9.59 Å². The van der Waals surface area contributed by atoms with Gasteiger partial charge in [0.2, 0.25) is 11.8 Å². The normalized spacial score (nSPS) is 12.2. The second-order valence-corrected chi connectivity index (χ2v) is 2.63. The Kier molecular flexibility index (Phi) is 5.03. The number of rotatable bonds is 5. The third-order valence-corrected chi connectivity index (χ3v) is 1.57. The number of hydroxylamine groups is 1. The molecule has 0 aliphatic heterocycles. The van der Waals surface area contributed by atoms with Gasteiger partial charge in [-0.05, 0) is 6.42 Å². The minimum atomic E-state index is -0.546. The van der Waals surface area contributed by atoms with Crippen LogP contribution < -0.4 is 11.2 Å². The Labute approximate surface area is 70.9 Å². The molecule has 0 spiro atoms. The molecule has 5 heteroatoms. The van der Waals surface area contributed by atoms with Crippen molar-refractivity contribution in [3.63, 3.8) is 0 Å². The topological polar surface area (TPSA) is 92.4 Å². The predicted molar refractivity (Wildman–Crippen MR) is 42.1 cm³/mol. The predicted octanol–water partition coefficient (Wildman–Crippen LogP) is -0.216. The maximum absolute atomic E-state index is 10.9. The van der Waals surface area contributed by atoms with Gasteiger partial charge in [0.05, 0.1) is 0 Å². The van der Waals surface area contributed by atoms with E-state index in [4.69, 9.17) is 10.9 Å². The lowest BCUT2D eigenvalue weighted by Gasteiger charge is -2.10. The molecule has 0 radical (unpaired) electrons.